The number of para-hydroxylation sites is 2. The molecule has 3 aliphatic rings. The summed E-state index contributed by atoms with van der Waals surface area (Å²) in [4.78, 5) is 262. The van der Waals surface area contributed by atoms with Gasteiger partial charge < -0.3 is 125 Å². The zero-order valence-electron chi connectivity index (χ0n) is 77.2. The fraction of sp³-hybridized carbons (Fsp3) is 0.560. The molecule has 14 atom stereocenters. The molecule has 0 saturated carbocycles. The van der Waals surface area contributed by atoms with Crippen LogP contribution in [0.15, 0.2) is 85.2 Å². The smallest absolute Gasteiger partial charge is 0.305 e. The molecule has 2 aromatic heterocycles. The third-order valence-corrected chi connectivity index (χ3v) is 25.3. The number of carbonyl (C=O) groups excluding carboxylic acids is 16. The molecule has 8 rings (SSSR count). The van der Waals surface area contributed by atoms with E-state index >= 15 is 33.6 Å². The van der Waals surface area contributed by atoms with Gasteiger partial charge in [-0.05, 0) is 137 Å². The lowest BCUT2D eigenvalue weighted by Crippen LogP contribution is -2.61. The van der Waals surface area contributed by atoms with Gasteiger partial charge in [0.1, 0.15) is 90.3 Å². The normalized spacial score (nSPS) is 24.3. The lowest BCUT2D eigenvalue weighted by atomic mass is 10.00. The lowest BCUT2D eigenvalue weighted by Gasteiger charge is -2.36. The van der Waals surface area contributed by atoms with Gasteiger partial charge in [0.15, 0.2) is 5.96 Å². The maximum Gasteiger partial charge on any atom is 0.305 e. The van der Waals surface area contributed by atoms with Crippen LogP contribution in [0.3, 0.4) is 0 Å². The minimum atomic E-state index is -1.87. The number of fused-ring (bicyclic) bond motifs is 4. The number of nitrogens with one attached hydrogen (secondary N) is 14. The Balaban J connectivity index is 1.19. The Hall–Kier alpha value is -12.9. The number of phenolic OH excluding ortho intramolecular Hbond substituents is 1. The number of guanidine groups is 1. The summed E-state index contributed by atoms with van der Waals surface area (Å²) >= 11 is 0.759. The molecule has 3 fully saturated rings. The van der Waals surface area contributed by atoms with E-state index in [1.807, 2.05) is 13.8 Å². The second kappa shape index (κ2) is 51.9. The fourth-order valence-corrected chi connectivity index (χ4v) is 17.6. The lowest BCUT2D eigenvalue weighted by molar-refractivity contribution is -0.149. The van der Waals surface area contributed by atoms with Crippen molar-refractivity contribution < 1.29 is 96.8 Å². The van der Waals surface area contributed by atoms with Crippen LogP contribution in [-0.4, -0.2) is 313 Å². The number of hydrogen-bond acceptors (Lipinski definition) is 22. The van der Waals surface area contributed by atoms with E-state index in [0.29, 0.717) is 70.6 Å². The van der Waals surface area contributed by atoms with Crippen LogP contribution in [0.4, 0.5) is 0 Å². The predicted molar refractivity (Wildman–Crippen MR) is 497 cm³/mol. The van der Waals surface area contributed by atoms with Crippen LogP contribution in [0, 0.1) is 11.3 Å². The van der Waals surface area contributed by atoms with Crippen LogP contribution >= 0.6 is 11.8 Å². The molecule has 42 nitrogen and oxygen atoms in total. The molecular weight excluding hydrogens is 1750 g/mol. The first-order valence-corrected chi connectivity index (χ1v) is 46.8. The van der Waals surface area contributed by atoms with Crippen molar-refractivity contribution in [1.82, 2.24) is 93.0 Å². The Morgan fingerprint density at radius 2 is 1.01 bits per heavy atom. The first-order chi connectivity index (χ1) is 63.9. The molecule has 0 spiro atoms. The highest BCUT2D eigenvalue weighted by molar-refractivity contribution is 8.00. The molecule has 0 unspecified atom stereocenters. The number of aliphatic hydroxyl groups is 1. The Morgan fingerprint density at radius 1 is 0.522 bits per heavy atom. The Kier molecular flexibility index (Phi) is 41.2. The molecule has 732 valence electrons. The number of aromatic nitrogens is 2. The third kappa shape index (κ3) is 30.3. The monoisotopic (exact) mass is 1880 g/mol. The van der Waals surface area contributed by atoms with Crippen molar-refractivity contribution >= 4 is 140 Å². The van der Waals surface area contributed by atoms with E-state index in [1.165, 1.54) is 57.2 Å². The summed E-state index contributed by atoms with van der Waals surface area (Å²) in [6, 6.07) is -1.41. The van der Waals surface area contributed by atoms with Gasteiger partial charge in [0.25, 0.3) is 0 Å². The number of unbranched alkanes of at least 4 members (excludes halogenated alkanes) is 3. The zero-order chi connectivity index (χ0) is 98.2. The summed E-state index contributed by atoms with van der Waals surface area (Å²) in [5, 5.41) is 70.1. The maximum atomic E-state index is 15.7. The summed E-state index contributed by atoms with van der Waals surface area (Å²) < 4.78 is 0. The SMILES string of the molecule is CCCC[C@H]1C(=O)N(C)[C@@H](CCCC)C(=O)N[C@@H](CCCNC(=N)N)C(=O)N[C@H](C(=O)NCC(N)=O)CSCC(=O)N[C@@H](Cc2ccc(O)cc2)C(=O)N(C)[C@@H](C)C(=O)N[C@@H](CC(=O)O)C(=O)N2CCC[C@H]2C(=O)N[C@@H](CCCCN)C(=O)N[C@@H](CC(C)C)C(=O)N2CCC[C@H]2C(=O)N[C@@H](Cc2c[nH]c3ccccc23)C(=O)N[C@@H](CO)C(=O)N[C@@H](Cc2c[nH]c3ccccc23)C(=O)N1C. The molecule has 0 aliphatic carbocycles. The highest BCUT2D eigenvalue weighted by atomic mass is 32.2. The van der Waals surface area contributed by atoms with Crippen molar-refractivity contribution in [3.05, 3.63) is 102 Å². The first-order valence-electron chi connectivity index (χ1n) is 45.6. The van der Waals surface area contributed by atoms with Gasteiger partial charge in [-0.25, -0.2) is 0 Å². The number of amides is 16. The van der Waals surface area contributed by atoms with Crippen LogP contribution in [0.25, 0.3) is 21.8 Å². The second-order valence-corrected chi connectivity index (χ2v) is 35.7. The van der Waals surface area contributed by atoms with Crippen LogP contribution < -0.4 is 75.7 Å². The van der Waals surface area contributed by atoms with Crippen molar-refractivity contribution in [3.8, 4) is 5.75 Å². The minimum Gasteiger partial charge on any atom is -0.508 e. The van der Waals surface area contributed by atoms with Crippen molar-refractivity contribution in [2.75, 3.05) is 72.0 Å². The standard InChI is InChI=1S/C91H132N22O20S/c1-9-11-28-70-83(126)101-62(27-19-37-96-91(94)95)80(123)108-69(78(121)99-47-74(93)116)49-134-50-75(117)100-65(41-53-32-34-56(115)35-33-53)86(129)109(6)52(5)77(120)104-67(44-76(118)119)89(132)113-39-20-30-71(113)84(127)102-61(26-17-18-36-92)79(122)105-64(40-51(3)4)88(131)112-38-21-31-72(112)85(128)103-63(42-54-45-97-59-24-15-13-22-57(54)59)81(124)107-68(48-114)82(125)106-66(43-55-46-98-60-25-16-14-23-58(55)60)87(130)111(8)73(29-12-10-2)90(133)110(70)7/h13-16,22-25,32-35,45-46,51-52,61-73,97-98,114-115H,9-12,17-21,26-31,36-44,47-50,92H2,1-8H3,(H2,93,116)(H,99,121)(H,100,117)(H,101,126)(H,102,127)(H,103,128)(H,104,120)(H,105,122)(H,106,125)(H,107,124)(H,108,123)(H,118,119)(H4,94,95,96)/t52-,61-,62-,63-,64-,65-,66-,67-,68-,69-,70-,71-,72-,73-/m0/s1. The molecule has 3 aliphatic heterocycles. The predicted octanol–water partition coefficient (Wildman–Crippen LogP) is -1.14. The van der Waals surface area contributed by atoms with Crippen molar-refractivity contribution in [2.45, 2.75) is 248 Å². The number of nitrogens with two attached hydrogens (primary N) is 3. The minimum absolute atomic E-state index is 0.00113. The summed E-state index contributed by atoms with van der Waals surface area (Å²) in [7, 11) is 3.91. The van der Waals surface area contributed by atoms with Crippen molar-refractivity contribution in [3.63, 3.8) is 0 Å². The fourth-order valence-electron chi connectivity index (χ4n) is 16.7. The van der Waals surface area contributed by atoms with Crippen LogP contribution in [0.1, 0.15) is 160 Å². The number of aromatic amines is 2. The number of hydrogen-bond donors (Lipinski definition) is 20. The summed E-state index contributed by atoms with van der Waals surface area (Å²) in [5.41, 5.74) is 19.8. The average Bonchev–Trinajstić information content (AvgIpc) is 1.20. The number of likely N-dealkylation sites (N-methyl/N-ethyl adjacent to an activating group) is 3. The van der Waals surface area contributed by atoms with E-state index in [0.717, 1.165) is 31.4 Å². The van der Waals surface area contributed by atoms with Gasteiger partial charge in [0.05, 0.1) is 25.3 Å². The highest BCUT2D eigenvalue weighted by Crippen LogP contribution is 2.28. The molecule has 16 amide bonds. The molecule has 0 bridgehead atoms. The Labute approximate surface area is 781 Å². The van der Waals surface area contributed by atoms with Gasteiger partial charge in [-0.1, -0.05) is 102 Å². The summed E-state index contributed by atoms with van der Waals surface area (Å²) in [5.74, 6) is -17.9. The number of nitrogens with zero attached hydrogens (tertiary/aromatic N) is 5. The number of primary amides is 1. The Morgan fingerprint density at radius 3 is 1.57 bits per heavy atom. The number of aromatic hydroxyl groups is 1. The zero-order valence-corrected chi connectivity index (χ0v) is 78.0. The van der Waals surface area contributed by atoms with E-state index in [1.54, 1.807) is 74.8 Å². The second-order valence-electron chi connectivity index (χ2n) is 34.7. The van der Waals surface area contributed by atoms with E-state index < -0.39 is 222 Å². The van der Waals surface area contributed by atoms with Gasteiger partial charge in [-0.15, -0.1) is 11.8 Å². The van der Waals surface area contributed by atoms with E-state index in [9.17, 15) is 63.3 Å². The molecule has 5 heterocycles. The van der Waals surface area contributed by atoms with E-state index in [2.05, 4.69) is 68.5 Å². The third-order valence-electron chi connectivity index (χ3n) is 24.2. The summed E-state index contributed by atoms with van der Waals surface area (Å²) in [6.45, 7) is 6.79. The number of thioether (sulfide) groups is 1. The molecule has 5 aromatic rings. The van der Waals surface area contributed by atoms with Gasteiger partial charge >= 0.3 is 5.97 Å². The van der Waals surface area contributed by atoms with Crippen LogP contribution in [-0.2, 0) is 101 Å². The number of aliphatic hydroxyl groups excluding tert-OH is 1. The number of carbonyl (C=O) groups is 17. The molecule has 3 saturated heterocycles. The topological polar surface area (TPSA) is 633 Å². The number of H-pyrrole nitrogens is 2. The van der Waals surface area contributed by atoms with Crippen LogP contribution in [0.2, 0.25) is 0 Å². The Bertz CT molecular complexity index is 4970. The van der Waals surface area contributed by atoms with Gasteiger partial charge in [0.2, 0.25) is 94.5 Å². The van der Waals surface area contributed by atoms with Gasteiger partial charge in [-0.3, -0.25) is 86.9 Å². The molecule has 0 radical (unpaired) electrons. The van der Waals surface area contributed by atoms with Crippen LogP contribution in [0.5, 0.6) is 5.75 Å². The largest absolute Gasteiger partial charge is 0.508 e. The van der Waals surface area contributed by atoms with Crippen molar-refractivity contribution in [1.29, 1.82) is 5.41 Å². The molecular formula is C91H132N22O20S. The molecule has 23 N–H and O–H groups in total. The maximum absolute atomic E-state index is 15.7. The number of rotatable bonds is 28. The number of phenols is 1. The quantitative estimate of drug-likeness (QED) is 0.0160. The van der Waals surface area contributed by atoms with Gasteiger partial charge in [-0.2, -0.15) is 0 Å². The number of aliphatic carboxylic acids is 1. The molecule has 134 heavy (non-hydrogen) atoms. The number of carboxylic acids is 1. The van der Waals surface area contributed by atoms with E-state index in [-0.39, 0.29) is 128 Å². The number of benzene rings is 3. The van der Waals surface area contributed by atoms with Gasteiger partial charge in [0, 0.05) is 100.0 Å². The summed E-state index contributed by atoms with van der Waals surface area (Å²) in [6.07, 6.45) is 4.11. The molecule has 3 aromatic carbocycles. The molecule has 43 heteroatoms. The van der Waals surface area contributed by atoms with Crippen molar-refractivity contribution in [2.24, 2.45) is 23.1 Å². The van der Waals surface area contributed by atoms with E-state index in [4.69, 9.17) is 22.6 Å². The first kappa shape index (κ1) is 106. The average molecular weight is 1890 g/mol. The highest BCUT2D eigenvalue weighted by Gasteiger charge is 2.46. The number of carboxylic acid groups (broad SMARTS) is 1.